The Morgan fingerprint density at radius 2 is 1.88 bits per heavy atom. The minimum Gasteiger partial charge on any atom is -0.496 e. The van der Waals surface area contributed by atoms with E-state index in [0.29, 0.717) is 36.8 Å². The van der Waals surface area contributed by atoms with Crippen LogP contribution in [0, 0.1) is 17.3 Å². The first-order chi connectivity index (χ1) is 19.7. The van der Waals surface area contributed by atoms with E-state index in [0.717, 1.165) is 16.8 Å². The number of aliphatic carboxylic acids is 1. The van der Waals surface area contributed by atoms with E-state index in [9.17, 15) is 14.7 Å². The molecule has 2 saturated heterocycles. The molecule has 2 N–H and O–H groups in total. The molecule has 0 spiro atoms. The van der Waals surface area contributed by atoms with Gasteiger partial charge in [0.05, 0.1) is 18.8 Å². The van der Waals surface area contributed by atoms with E-state index in [2.05, 4.69) is 26.1 Å². The third-order valence-corrected chi connectivity index (χ3v) is 8.97. The molecular weight excluding hydrogens is 554 g/mol. The number of hydrogen-bond acceptors (Lipinski definition) is 6. The molecule has 2 aromatic rings. The first-order valence-electron chi connectivity index (χ1n) is 14.7. The van der Waals surface area contributed by atoms with Gasteiger partial charge in [-0.25, -0.2) is 4.79 Å². The summed E-state index contributed by atoms with van der Waals surface area (Å²) >= 11 is 6.23. The van der Waals surface area contributed by atoms with E-state index >= 15 is 0 Å². The number of carbonyl (C=O) groups is 2. The monoisotopic (exact) mass is 599 g/mol. The molecule has 2 aromatic carbocycles. The van der Waals surface area contributed by atoms with Gasteiger partial charge < -0.3 is 29.7 Å². The molecular formula is C33H46ClN3O5. The zero-order valence-corrected chi connectivity index (χ0v) is 26.9. The summed E-state index contributed by atoms with van der Waals surface area (Å²) in [6, 6.07) is 11.6. The highest BCUT2D eigenvalue weighted by Crippen LogP contribution is 2.51. The van der Waals surface area contributed by atoms with Crippen molar-refractivity contribution in [1.82, 2.24) is 10.2 Å². The van der Waals surface area contributed by atoms with Crippen LogP contribution in [0.25, 0.3) is 0 Å². The van der Waals surface area contributed by atoms with Gasteiger partial charge in [-0.05, 0) is 55.9 Å². The maximum absolute atomic E-state index is 14.6. The highest BCUT2D eigenvalue weighted by atomic mass is 35.5. The van der Waals surface area contributed by atoms with E-state index in [1.807, 2.05) is 69.2 Å². The summed E-state index contributed by atoms with van der Waals surface area (Å²) in [7, 11) is 5.55. The van der Waals surface area contributed by atoms with E-state index in [1.54, 1.807) is 18.1 Å². The van der Waals surface area contributed by atoms with E-state index in [4.69, 9.17) is 21.1 Å². The standard InChI is InChI=1S/C33H46ClN3O5/c1-32(2,3)26-27(35-19-21-13-14-22(34)17-25(21)41-8)28(23-11-9-10-12-24(23)36(6)7)37(29(26)31(39)40)30(38)20-15-16-42-33(4,5)18-20/h9-14,17,20,26-29,35H,15-16,18-19H2,1-8H3,(H,39,40)/t20?,26-,27-,28-,29-/m1/s1. The zero-order valence-electron chi connectivity index (χ0n) is 26.1. The van der Waals surface area contributed by atoms with Crippen molar-refractivity contribution in [3.63, 3.8) is 0 Å². The lowest BCUT2D eigenvalue weighted by molar-refractivity contribution is -0.158. The number of carboxylic acids is 1. The van der Waals surface area contributed by atoms with E-state index in [1.165, 1.54) is 0 Å². The molecule has 2 aliphatic rings. The van der Waals surface area contributed by atoms with Crippen molar-refractivity contribution in [3.05, 3.63) is 58.6 Å². The summed E-state index contributed by atoms with van der Waals surface area (Å²) in [4.78, 5) is 31.6. The number of methoxy groups -OCH3 is 1. The Labute approximate surface area is 255 Å². The SMILES string of the molecule is COc1cc(Cl)ccc1CN[C@@H]1[C@@H](C(C)(C)C)[C@H](C(=O)O)N(C(=O)C2CCOC(C)(C)C2)[C@@H]1c1ccccc1N(C)C. The first kappa shape index (κ1) is 32.1. The Balaban J connectivity index is 1.89. The predicted octanol–water partition coefficient (Wildman–Crippen LogP) is 5.78. The minimum absolute atomic E-state index is 0.125. The maximum Gasteiger partial charge on any atom is 0.326 e. The fraction of sp³-hybridized carbons (Fsp3) is 0.576. The van der Waals surface area contributed by atoms with Crippen molar-refractivity contribution in [2.75, 3.05) is 32.7 Å². The number of nitrogens with one attached hydrogen (secondary N) is 1. The van der Waals surface area contributed by atoms with Crippen LogP contribution in [0.3, 0.4) is 0 Å². The van der Waals surface area contributed by atoms with Gasteiger partial charge in [0.25, 0.3) is 0 Å². The topological polar surface area (TPSA) is 91.3 Å². The number of para-hydroxylation sites is 1. The molecule has 0 aromatic heterocycles. The molecule has 0 bridgehead atoms. The molecule has 0 aliphatic carbocycles. The summed E-state index contributed by atoms with van der Waals surface area (Å²) in [5.74, 6) is -1.20. The van der Waals surface area contributed by atoms with Crippen molar-refractivity contribution < 1.29 is 24.2 Å². The van der Waals surface area contributed by atoms with Crippen LogP contribution in [0.1, 0.15) is 64.6 Å². The van der Waals surface area contributed by atoms with Crippen molar-refractivity contribution in [2.24, 2.45) is 17.3 Å². The number of anilines is 1. The number of rotatable bonds is 8. The minimum atomic E-state index is -1.02. The average molecular weight is 600 g/mol. The van der Waals surface area contributed by atoms with Gasteiger partial charge in [0.15, 0.2) is 0 Å². The van der Waals surface area contributed by atoms with Crippen LogP contribution in [0.4, 0.5) is 5.69 Å². The lowest BCUT2D eigenvalue weighted by atomic mass is 9.72. The number of benzene rings is 2. The van der Waals surface area contributed by atoms with Crippen molar-refractivity contribution in [2.45, 2.75) is 77.7 Å². The van der Waals surface area contributed by atoms with Gasteiger partial charge in [-0.3, -0.25) is 4.79 Å². The summed E-state index contributed by atoms with van der Waals surface area (Å²) < 4.78 is 11.5. The predicted molar refractivity (Wildman–Crippen MR) is 166 cm³/mol. The first-order valence-corrected chi connectivity index (χ1v) is 15.0. The fourth-order valence-electron chi connectivity index (χ4n) is 6.94. The van der Waals surface area contributed by atoms with E-state index < -0.39 is 35.0 Å². The molecule has 0 radical (unpaired) electrons. The molecule has 2 heterocycles. The Hall–Kier alpha value is -2.81. The maximum atomic E-state index is 14.6. The number of ether oxygens (including phenoxy) is 2. The molecule has 5 atom stereocenters. The van der Waals surface area contributed by atoms with Crippen molar-refractivity contribution >= 4 is 29.2 Å². The van der Waals surface area contributed by atoms with Gasteiger partial charge in [-0.15, -0.1) is 0 Å². The molecule has 2 aliphatic heterocycles. The Morgan fingerprint density at radius 3 is 2.48 bits per heavy atom. The lowest BCUT2D eigenvalue weighted by Crippen LogP contribution is -2.51. The third-order valence-electron chi connectivity index (χ3n) is 8.73. The summed E-state index contributed by atoms with van der Waals surface area (Å²) in [6.07, 6.45) is 1.10. The smallest absolute Gasteiger partial charge is 0.326 e. The summed E-state index contributed by atoms with van der Waals surface area (Å²) in [5.41, 5.74) is 1.86. The summed E-state index contributed by atoms with van der Waals surface area (Å²) in [5, 5.41) is 15.1. The number of carboxylic acid groups (broad SMARTS) is 1. The highest BCUT2D eigenvalue weighted by molar-refractivity contribution is 6.30. The molecule has 9 heteroatoms. The van der Waals surface area contributed by atoms with Crippen LogP contribution in [0.5, 0.6) is 5.75 Å². The van der Waals surface area contributed by atoms with Crippen LogP contribution in [0.15, 0.2) is 42.5 Å². The largest absolute Gasteiger partial charge is 0.496 e. The van der Waals surface area contributed by atoms with Crippen LogP contribution in [0.2, 0.25) is 5.02 Å². The zero-order chi connectivity index (χ0) is 31.0. The highest BCUT2D eigenvalue weighted by Gasteiger charge is 2.59. The van der Waals surface area contributed by atoms with E-state index in [-0.39, 0.29) is 17.9 Å². The van der Waals surface area contributed by atoms with Crippen LogP contribution in [-0.4, -0.2) is 67.4 Å². The lowest BCUT2D eigenvalue weighted by Gasteiger charge is -2.40. The van der Waals surface area contributed by atoms with Gasteiger partial charge in [-0.2, -0.15) is 0 Å². The quantitative estimate of drug-likeness (QED) is 0.398. The molecule has 8 nitrogen and oxygen atoms in total. The average Bonchev–Trinajstić information content (AvgIpc) is 3.27. The molecule has 1 unspecified atom stereocenters. The molecule has 230 valence electrons. The number of carbonyl (C=O) groups excluding carboxylic acids is 1. The molecule has 42 heavy (non-hydrogen) atoms. The fourth-order valence-corrected chi connectivity index (χ4v) is 7.11. The normalized spacial score (nSPS) is 25.7. The van der Waals surface area contributed by atoms with Crippen molar-refractivity contribution in [1.29, 1.82) is 0 Å². The van der Waals surface area contributed by atoms with Crippen LogP contribution in [-0.2, 0) is 20.9 Å². The number of nitrogens with zero attached hydrogens (tertiary/aromatic N) is 2. The van der Waals surface area contributed by atoms with Crippen LogP contribution >= 0.6 is 11.6 Å². The van der Waals surface area contributed by atoms with Crippen LogP contribution < -0.4 is 15.0 Å². The van der Waals surface area contributed by atoms with Crippen molar-refractivity contribution in [3.8, 4) is 5.75 Å². The molecule has 4 rings (SSSR count). The summed E-state index contributed by atoms with van der Waals surface area (Å²) in [6.45, 7) is 11.0. The van der Waals surface area contributed by atoms with Gasteiger partial charge in [0.2, 0.25) is 5.91 Å². The molecule has 0 saturated carbocycles. The third kappa shape index (κ3) is 6.56. The second kappa shape index (κ2) is 12.4. The number of hydrogen-bond donors (Lipinski definition) is 2. The van der Waals surface area contributed by atoms with Gasteiger partial charge in [0, 0.05) is 61.4 Å². The Kier molecular flexibility index (Phi) is 9.50. The van der Waals surface area contributed by atoms with Gasteiger partial charge in [0.1, 0.15) is 11.8 Å². The second-order valence-electron chi connectivity index (χ2n) is 13.5. The number of amides is 1. The Bertz CT molecular complexity index is 1290. The Morgan fingerprint density at radius 1 is 1.19 bits per heavy atom. The number of likely N-dealkylation sites (tertiary alicyclic amines) is 1. The number of halogens is 1. The van der Waals surface area contributed by atoms with Gasteiger partial charge in [-0.1, -0.05) is 56.6 Å². The second-order valence-corrected chi connectivity index (χ2v) is 13.9. The van der Waals surface area contributed by atoms with Gasteiger partial charge >= 0.3 is 5.97 Å². The molecule has 1 amide bonds. The molecule has 2 fully saturated rings.